The van der Waals surface area contributed by atoms with E-state index in [1.807, 2.05) is 13.8 Å². The van der Waals surface area contributed by atoms with Crippen LogP contribution in [-0.2, 0) is 71.2 Å². The van der Waals surface area contributed by atoms with Crippen molar-refractivity contribution < 1.29 is 71.2 Å². The van der Waals surface area contributed by atoms with Gasteiger partial charge in [-0.25, -0.2) is 0 Å². The fourth-order valence-corrected chi connectivity index (χ4v) is 4.21. The molecule has 0 spiro atoms. The summed E-state index contributed by atoms with van der Waals surface area (Å²) in [5.41, 5.74) is 0. The van der Waals surface area contributed by atoms with Gasteiger partial charge in [-0.3, -0.25) is 19.3 Å². The maximum absolute atomic E-state index is 12.1. The third kappa shape index (κ3) is 38.4. The Kier molecular flexibility index (Phi) is 42.3. The van der Waals surface area contributed by atoms with Crippen LogP contribution >= 0.6 is 0 Å². The van der Waals surface area contributed by atoms with E-state index >= 15 is 0 Å². The molecule has 0 rings (SSSR count). The third-order valence-electron chi connectivity index (χ3n) is 7.47. The fourth-order valence-electron chi connectivity index (χ4n) is 4.21. The maximum Gasteiger partial charge on any atom is 0.231 e. The van der Waals surface area contributed by atoms with Crippen LogP contribution in [0.5, 0.6) is 0 Å². The van der Waals surface area contributed by atoms with Crippen LogP contribution < -0.4 is 5.32 Å². The van der Waals surface area contributed by atoms with Crippen molar-refractivity contribution in [1.82, 2.24) is 10.2 Å². The minimum absolute atomic E-state index is 0.0398. The molecular weight excluding hydrogens is 712 g/mol. The van der Waals surface area contributed by atoms with Gasteiger partial charge in [0.1, 0.15) is 0 Å². The van der Waals surface area contributed by atoms with Crippen LogP contribution in [0.15, 0.2) is 0 Å². The second-order valence-corrected chi connectivity index (χ2v) is 11.8. The number of methoxy groups -OCH3 is 1. The van der Waals surface area contributed by atoms with Crippen molar-refractivity contribution in [2.75, 3.05) is 172 Å². The molecule has 54 heavy (non-hydrogen) atoms. The minimum atomic E-state index is -0.161. The third-order valence-corrected chi connectivity index (χ3v) is 7.47. The van der Waals surface area contributed by atoms with E-state index in [0.717, 1.165) is 6.42 Å². The highest BCUT2D eigenvalue weighted by molar-refractivity contribution is 5.87. The van der Waals surface area contributed by atoms with Gasteiger partial charge in [0.05, 0.1) is 152 Å². The largest absolute Gasteiger partial charge is 0.382 e. The molecule has 0 saturated carbocycles. The zero-order valence-corrected chi connectivity index (χ0v) is 33.4. The first-order valence-electron chi connectivity index (χ1n) is 19.4. The molecule has 0 aromatic rings. The van der Waals surface area contributed by atoms with Crippen molar-refractivity contribution in [3.8, 4) is 0 Å². The normalized spacial score (nSPS) is 11.9. The van der Waals surface area contributed by atoms with E-state index in [2.05, 4.69) is 5.32 Å². The number of rotatable bonds is 45. The lowest BCUT2D eigenvalue weighted by molar-refractivity contribution is -0.141. The van der Waals surface area contributed by atoms with Crippen LogP contribution in [0.2, 0.25) is 0 Å². The van der Waals surface area contributed by atoms with Gasteiger partial charge >= 0.3 is 0 Å². The smallest absolute Gasteiger partial charge is 0.231 e. The lowest BCUT2D eigenvalue weighted by Crippen LogP contribution is -2.34. The molecule has 1 N–H and O–H groups in total. The monoisotopic (exact) mass is 784 g/mol. The molecule has 0 radical (unpaired) electrons. The summed E-state index contributed by atoms with van der Waals surface area (Å²) in [6, 6.07) is 0. The summed E-state index contributed by atoms with van der Waals surface area (Å²) >= 11 is 0. The molecule has 3 amide bonds. The molecule has 0 fully saturated rings. The van der Waals surface area contributed by atoms with E-state index in [-0.39, 0.29) is 17.7 Å². The zero-order chi connectivity index (χ0) is 39.4. The van der Waals surface area contributed by atoms with Crippen LogP contribution in [0.25, 0.3) is 0 Å². The Morgan fingerprint density at radius 3 is 1.17 bits per heavy atom. The molecule has 320 valence electrons. The predicted molar refractivity (Wildman–Crippen MR) is 200 cm³/mol. The van der Waals surface area contributed by atoms with Crippen LogP contribution in [0, 0.1) is 5.92 Å². The van der Waals surface area contributed by atoms with Crippen molar-refractivity contribution in [3.05, 3.63) is 0 Å². The Morgan fingerprint density at radius 2 is 0.852 bits per heavy atom. The first-order valence-corrected chi connectivity index (χ1v) is 19.4. The molecule has 0 saturated heterocycles. The van der Waals surface area contributed by atoms with E-state index < -0.39 is 0 Å². The standard InChI is InChI=1S/C37H72N2O15/c1-4-35(2)37(42)39(34-40)10-7-5-6-8-36(41)38-9-11-44-14-15-46-18-19-48-22-23-50-26-27-52-30-31-54-33-32-53-29-28-51-25-24-49-21-20-47-17-16-45-13-12-43-3/h34-35H,4-33H2,1-3H3,(H,38,41). The van der Waals surface area contributed by atoms with Crippen LogP contribution in [0.3, 0.4) is 0 Å². The molecule has 0 bridgehead atoms. The summed E-state index contributed by atoms with van der Waals surface area (Å²) in [4.78, 5) is 36.4. The van der Waals surface area contributed by atoms with E-state index in [0.29, 0.717) is 197 Å². The minimum Gasteiger partial charge on any atom is -0.382 e. The second kappa shape index (κ2) is 43.9. The molecule has 0 aliphatic carbocycles. The summed E-state index contributed by atoms with van der Waals surface area (Å²) in [5.74, 6) is -0.345. The zero-order valence-electron chi connectivity index (χ0n) is 33.4. The summed E-state index contributed by atoms with van der Waals surface area (Å²) in [7, 11) is 1.64. The van der Waals surface area contributed by atoms with Gasteiger partial charge in [-0.05, 0) is 19.3 Å². The first-order chi connectivity index (χ1) is 26.6. The van der Waals surface area contributed by atoms with Gasteiger partial charge in [0, 0.05) is 32.5 Å². The number of carbonyl (C=O) groups is 3. The number of unbranched alkanes of at least 4 members (excludes halogenated alkanes) is 2. The number of hydrogen-bond acceptors (Lipinski definition) is 15. The van der Waals surface area contributed by atoms with Gasteiger partial charge in [0.15, 0.2) is 0 Å². The number of imide groups is 1. The Bertz CT molecular complexity index is 815. The molecule has 0 aliphatic heterocycles. The van der Waals surface area contributed by atoms with Crippen molar-refractivity contribution in [3.63, 3.8) is 0 Å². The average Bonchev–Trinajstić information content (AvgIpc) is 3.18. The van der Waals surface area contributed by atoms with Crippen molar-refractivity contribution in [2.24, 2.45) is 5.92 Å². The summed E-state index contributed by atoms with van der Waals surface area (Å²) in [6.07, 6.45) is 3.85. The lowest BCUT2D eigenvalue weighted by Gasteiger charge is -2.18. The second-order valence-electron chi connectivity index (χ2n) is 11.8. The molecule has 17 heteroatoms. The SMILES string of the molecule is CCC(C)C(=O)N(C=O)CCCCCC(=O)NCCOCCOCCOCCOCCOCCOCCOCCOCCOCCOCCOCCOC. The first kappa shape index (κ1) is 52.1. The van der Waals surface area contributed by atoms with E-state index in [1.165, 1.54) is 4.90 Å². The van der Waals surface area contributed by atoms with Gasteiger partial charge < -0.3 is 62.2 Å². The average molecular weight is 785 g/mol. The summed E-state index contributed by atoms with van der Waals surface area (Å²) < 4.78 is 64.8. The van der Waals surface area contributed by atoms with Gasteiger partial charge in [-0.1, -0.05) is 20.3 Å². The predicted octanol–water partition coefficient (Wildman–Crippen LogP) is 1.52. The van der Waals surface area contributed by atoms with Crippen LogP contribution in [0.4, 0.5) is 0 Å². The Morgan fingerprint density at radius 1 is 0.519 bits per heavy atom. The Labute approximate surface area is 323 Å². The maximum atomic E-state index is 12.1. The summed E-state index contributed by atoms with van der Waals surface area (Å²) in [6.45, 7) is 15.9. The fraction of sp³-hybridized carbons (Fsp3) is 0.919. The molecule has 0 aromatic carbocycles. The van der Waals surface area contributed by atoms with Gasteiger partial charge in [-0.15, -0.1) is 0 Å². The van der Waals surface area contributed by atoms with E-state index in [9.17, 15) is 14.4 Å². The number of nitrogens with zero attached hydrogens (tertiary/aromatic N) is 1. The molecule has 0 aromatic heterocycles. The van der Waals surface area contributed by atoms with Crippen LogP contribution in [0.1, 0.15) is 46.0 Å². The topological polar surface area (TPSA) is 177 Å². The van der Waals surface area contributed by atoms with E-state index in [1.54, 1.807) is 7.11 Å². The van der Waals surface area contributed by atoms with Crippen molar-refractivity contribution >= 4 is 18.2 Å². The molecule has 1 unspecified atom stereocenters. The molecule has 0 aliphatic rings. The quantitative estimate of drug-likeness (QED) is 0.0694. The highest BCUT2D eigenvalue weighted by Gasteiger charge is 2.18. The number of ether oxygens (including phenoxy) is 12. The number of nitrogens with one attached hydrogen (secondary N) is 1. The van der Waals surface area contributed by atoms with Gasteiger partial charge in [0.25, 0.3) is 0 Å². The highest BCUT2D eigenvalue weighted by Crippen LogP contribution is 2.08. The van der Waals surface area contributed by atoms with Crippen molar-refractivity contribution in [2.45, 2.75) is 46.0 Å². The number of carbonyl (C=O) groups excluding carboxylic acids is 3. The molecule has 1 atom stereocenters. The molecular formula is C37H72N2O15. The highest BCUT2D eigenvalue weighted by atomic mass is 16.6. The summed E-state index contributed by atoms with van der Waals surface area (Å²) in [5, 5.41) is 2.82. The molecule has 0 heterocycles. The van der Waals surface area contributed by atoms with Crippen molar-refractivity contribution in [1.29, 1.82) is 0 Å². The van der Waals surface area contributed by atoms with Crippen LogP contribution in [-0.4, -0.2) is 195 Å². The van der Waals surface area contributed by atoms with Gasteiger partial charge in [-0.2, -0.15) is 0 Å². The molecule has 17 nitrogen and oxygen atoms in total. The Hall–Kier alpha value is -1.87. The Balaban J connectivity index is 3.21. The lowest BCUT2D eigenvalue weighted by atomic mass is 10.1. The van der Waals surface area contributed by atoms with Gasteiger partial charge in [0.2, 0.25) is 18.2 Å². The number of amides is 3. The van der Waals surface area contributed by atoms with E-state index in [4.69, 9.17) is 56.8 Å². The number of hydrogen-bond donors (Lipinski definition) is 1.